The second-order valence-electron chi connectivity index (χ2n) is 6.98. The highest BCUT2D eigenvalue weighted by atomic mass is 16.5. The Labute approximate surface area is 169 Å². The number of rotatable bonds is 4. The first-order chi connectivity index (χ1) is 14.1. The molecule has 0 radical (unpaired) electrons. The summed E-state index contributed by atoms with van der Waals surface area (Å²) in [4.78, 5) is 30.8. The van der Waals surface area contributed by atoms with Gasteiger partial charge >= 0.3 is 5.97 Å². The van der Waals surface area contributed by atoms with Gasteiger partial charge in [0, 0.05) is 29.3 Å². The number of ether oxygens (including phenoxy) is 1. The van der Waals surface area contributed by atoms with Crippen LogP contribution in [-0.4, -0.2) is 30.0 Å². The maximum atomic E-state index is 13.2. The number of esters is 1. The lowest BCUT2D eigenvalue weighted by molar-refractivity contribution is 0.0600. The Bertz CT molecular complexity index is 1060. The van der Waals surface area contributed by atoms with E-state index < -0.39 is 0 Å². The van der Waals surface area contributed by atoms with E-state index in [1.54, 1.807) is 42.6 Å². The van der Waals surface area contributed by atoms with Crippen LogP contribution < -0.4 is 10.2 Å². The van der Waals surface area contributed by atoms with Crippen molar-refractivity contribution in [3.8, 4) is 0 Å². The number of hydrogen-bond donors (Lipinski definition) is 1. The molecule has 0 aliphatic carbocycles. The average Bonchev–Trinajstić information content (AvgIpc) is 3.09. The molecule has 1 unspecified atom stereocenters. The largest absolute Gasteiger partial charge is 0.465 e. The maximum Gasteiger partial charge on any atom is 0.337 e. The molecule has 2 heterocycles. The van der Waals surface area contributed by atoms with Gasteiger partial charge in [0.15, 0.2) is 0 Å². The molecule has 2 aromatic carbocycles. The number of benzene rings is 2. The Morgan fingerprint density at radius 1 is 1.07 bits per heavy atom. The second kappa shape index (κ2) is 7.75. The van der Waals surface area contributed by atoms with Crippen molar-refractivity contribution >= 4 is 28.9 Å². The smallest absolute Gasteiger partial charge is 0.337 e. The highest BCUT2D eigenvalue weighted by Crippen LogP contribution is 2.33. The molecule has 4 rings (SSSR count). The number of nitrogens with zero attached hydrogens (tertiary/aromatic N) is 2. The minimum atomic E-state index is -0.381. The van der Waals surface area contributed by atoms with Crippen LogP contribution in [0.1, 0.15) is 33.3 Å². The van der Waals surface area contributed by atoms with Crippen molar-refractivity contribution in [2.45, 2.75) is 19.4 Å². The van der Waals surface area contributed by atoms with Crippen molar-refractivity contribution in [3.63, 3.8) is 0 Å². The molecule has 0 bridgehead atoms. The number of carbonyl (C=O) groups excluding carboxylic acids is 2. The van der Waals surface area contributed by atoms with E-state index in [0.717, 1.165) is 23.5 Å². The molecular formula is C23H21N3O3. The minimum Gasteiger partial charge on any atom is -0.465 e. The summed E-state index contributed by atoms with van der Waals surface area (Å²) in [5.41, 5.74) is 4.52. The summed E-state index contributed by atoms with van der Waals surface area (Å²) in [5, 5.41) is 3.24. The van der Waals surface area contributed by atoms with E-state index >= 15 is 0 Å². The molecule has 6 heteroatoms. The summed E-state index contributed by atoms with van der Waals surface area (Å²) < 4.78 is 4.71. The van der Waals surface area contributed by atoms with Gasteiger partial charge in [-0.05, 0) is 61.4 Å². The van der Waals surface area contributed by atoms with Gasteiger partial charge in [-0.1, -0.05) is 18.2 Å². The predicted octanol–water partition coefficient (Wildman–Crippen LogP) is 4.20. The van der Waals surface area contributed by atoms with Crippen LogP contribution in [0.5, 0.6) is 0 Å². The number of carbonyl (C=O) groups is 2. The third kappa shape index (κ3) is 3.69. The molecule has 1 aromatic heterocycles. The number of para-hydroxylation sites is 1. The minimum absolute atomic E-state index is 0.0872. The van der Waals surface area contributed by atoms with Crippen molar-refractivity contribution in [2.24, 2.45) is 0 Å². The van der Waals surface area contributed by atoms with E-state index in [-0.39, 0.29) is 17.9 Å². The van der Waals surface area contributed by atoms with Crippen molar-refractivity contribution in [1.29, 1.82) is 0 Å². The van der Waals surface area contributed by atoms with E-state index in [1.807, 2.05) is 30.0 Å². The second-order valence-corrected chi connectivity index (χ2v) is 6.98. The van der Waals surface area contributed by atoms with Crippen LogP contribution in [0.2, 0.25) is 0 Å². The first-order valence-electron chi connectivity index (χ1n) is 9.40. The van der Waals surface area contributed by atoms with Gasteiger partial charge in [-0.3, -0.25) is 9.78 Å². The molecule has 1 aliphatic rings. The normalized spacial score (nSPS) is 15.0. The van der Waals surface area contributed by atoms with Crippen molar-refractivity contribution < 1.29 is 14.3 Å². The number of hydrogen-bond acceptors (Lipinski definition) is 5. The van der Waals surface area contributed by atoms with Crippen LogP contribution in [-0.2, 0) is 11.2 Å². The summed E-state index contributed by atoms with van der Waals surface area (Å²) in [5.74, 6) is -0.500. The van der Waals surface area contributed by atoms with Gasteiger partial charge in [0.2, 0.25) is 0 Å². The van der Waals surface area contributed by atoms with Gasteiger partial charge in [-0.25, -0.2) is 4.79 Å². The van der Waals surface area contributed by atoms with Gasteiger partial charge in [0.1, 0.15) is 5.69 Å². The summed E-state index contributed by atoms with van der Waals surface area (Å²) in [6.07, 6.45) is 2.46. The zero-order chi connectivity index (χ0) is 20.4. The fourth-order valence-corrected chi connectivity index (χ4v) is 3.60. The third-order valence-corrected chi connectivity index (χ3v) is 5.00. The lowest BCUT2D eigenvalue weighted by Gasteiger charge is -2.22. The molecule has 3 aromatic rings. The van der Waals surface area contributed by atoms with Crippen molar-refractivity contribution in [3.05, 3.63) is 83.7 Å². The Morgan fingerprint density at radius 2 is 1.83 bits per heavy atom. The number of methoxy groups -OCH3 is 1. The SMILES string of the molecule is COC(=O)c1ccc(Nc2ccnc(C(=O)N3c4ccccc4CC3C)c2)cc1. The monoisotopic (exact) mass is 387 g/mol. The zero-order valence-electron chi connectivity index (χ0n) is 16.3. The molecule has 1 amide bonds. The van der Waals surface area contributed by atoms with Crippen LogP contribution in [0.4, 0.5) is 17.1 Å². The molecule has 146 valence electrons. The summed E-state index contributed by atoms with van der Waals surface area (Å²) >= 11 is 0. The molecule has 0 saturated carbocycles. The average molecular weight is 387 g/mol. The highest BCUT2D eigenvalue weighted by molar-refractivity contribution is 6.07. The fraction of sp³-hybridized carbons (Fsp3) is 0.174. The number of pyridine rings is 1. The van der Waals surface area contributed by atoms with Gasteiger partial charge in [0.25, 0.3) is 5.91 Å². The molecule has 0 spiro atoms. The van der Waals surface area contributed by atoms with Crippen LogP contribution >= 0.6 is 0 Å². The summed E-state index contributed by atoms with van der Waals surface area (Å²) in [6, 6.07) is 18.5. The third-order valence-electron chi connectivity index (χ3n) is 5.00. The van der Waals surface area contributed by atoms with E-state index in [1.165, 1.54) is 12.7 Å². The fourth-order valence-electron chi connectivity index (χ4n) is 3.60. The maximum absolute atomic E-state index is 13.2. The van der Waals surface area contributed by atoms with Crippen LogP contribution in [0, 0.1) is 0 Å². The zero-order valence-corrected chi connectivity index (χ0v) is 16.3. The topological polar surface area (TPSA) is 71.5 Å². The van der Waals surface area contributed by atoms with Crippen LogP contribution in [0.15, 0.2) is 66.9 Å². The summed E-state index contributed by atoms with van der Waals surface area (Å²) in [6.45, 7) is 2.04. The standard InChI is InChI=1S/C23H21N3O3/c1-15-13-17-5-3-4-6-21(17)26(15)22(27)20-14-19(11-12-24-20)25-18-9-7-16(8-10-18)23(28)29-2/h3-12,14-15H,13H2,1-2H3,(H,24,25). The van der Waals surface area contributed by atoms with Gasteiger partial charge in [-0.15, -0.1) is 0 Å². The number of fused-ring (bicyclic) bond motifs is 1. The van der Waals surface area contributed by atoms with Gasteiger partial charge in [0.05, 0.1) is 12.7 Å². The number of nitrogens with one attached hydrogen (secondary N) is 1. The Morgan fingerprint density at radius 3 is 2.59 bits per heavy atom. The van der Waals surface area contributed by atoms with E-state index in [4.69, 9.17) is 4.74 Å². The molecule has 1 N–H and O–H groups in total. The first kappa shape index (κ1) is 18.7. The highest BCUT2D eigenvalue weighted by Gasteiger charge is 2.31. The quantitative estimate of drug-likeness (QED) is 0.679. The van der Waals surface area contributed by atoms with Crippen LogP contribution in [0.3, 0.4) is 0 Å². The van der Waals surface area contributed by atoms with E-state index in [9.17, 15) is 9.59 Å². The summed E-state index contributed by atoms with van der Waals surface area (Å²) in [7, 11) is 1.35. The number of amides is 1. The Kier molecular flexibility index (Phi) is 4.99. The predicted molar refractivity (Wildman–Crippen MR) is 112 cm³/mol. The van der Waals surface area contributed by atoms with Crippen molar-refractivity contribution in [2.75, 3.05) is 17.3 Å². The first-order valence-corrected chi connectivity index (χ1v) is 9.40. The molecule has 1 aliphatic heterocycles. The van der Waals surface area contributed by atoms with Crippen LogP contribution in [0.25, 0.3) is 0 Å². The lowest BCUT2D eigenvalue weighted by atomic mass is 10.1. The van der Waals surface area contributed by atoms with E-state index in [0.29, 0.717) is 11.3 Å². The molecule has 29 heavy (non-hydrogen) atoms. The Balaban J connectivity index is 1.55. The molecular weight excluding hydrogens is 366 g/mol. The molecule has 6 nitrogen and oxygen atoms in total. The van der Waals surface area contributed by atoms with E-state index in [2.05, 4.69) is 16.4 Å². The number of aromatic nitrogens is 1. The molecule has 0 fully saturated rings. The number of anilines is 3. The lowest BCUT2D eigenvalue weighted by Crippen LogP contribution is -2.36. The molecule has 1 atom stereocenters. The van der Waals surface area contributed by atoms with Gasteiger partial charge in [-0.2, -0.15) is 0 Å². The molecule has 0 saturated heterocycles. The van der Waals surface area contributed by atoms with Crippen molar-refractivity contribution in [1.82, 2.24) is 4.98 Å². The van der Waals surface area contributed by atoms with Gasteiger partial charge < -0.3 is 15.0 Å². The Hall–Kier alpha value is -3.67.